The van der Waals surface area contributed by atoms with Crippen molar-refractivity contribution in [2.24, 2.45) is 13.0 Å². The number of aliphatic hydroxyl groups excluding tert-OH is 1. The van der Waals surface area contributed by atoms with Crippen LogP contribution in [0.1, 0.15) is 24.8 Å². The lowest BCUT2D eigenvalue weighted by Gasteiger charge is -2.33. The summed E-state index contributed by atoms with van der Waals surface area (Å²) in [5.74, 6) is 0.584. The van der Waals surface area contributed by atoms with Gasteiger partial charge in [-0.25, -0.2) is 19.2 Å². The van der Waals surface area contributed by atoms with Gasteiger partial charge in [0, 0.05) is 32.5 Å². The van der Waals surface area contributed by atoms with E-state index in [4.69, 9.17) is 0 Å². The van der Waals surface area contributed by atoms with Crippen LogP contribution < -0.4 is 5.32 Å². The molecule has 24 heavy (non-hydrogen) atoms. The van der Waals surface area contributed by atoms with E-state index < -0.39 is 11.9 Å². The standard InChI is InChI=1S/C16H20FN5O2/c1-21-9-6-18-15(21)14(23)11-4-7-22(8-5-11)16(24)20-13-3-2-12(17)10-19-13/h2-3,6,9-11,14,23H,4-5,7-8H2,1H3,(H,19,20,24)/t14-/m1/s1. The summed E-state index contributed by atoms with van der Waals surface area (Å²) in [6.45, 7) is 1.08. The number of aryl methyl sites for hydroxylation is 1. The Hall–Kier alpha value is -2.48. The topological polar surface area (TPSA) is 83.3 Å². The van der Waals surface area contributed by atoms with Crippen LogP contribution in [0, 0.1) is 11.7 Å². The minimum absolute atomic E-state index is 0.0686. The van der Waals surface area contributed by atoms with Crippen molar-refractivity contribution < 1.29 is 14.3 Å². The summed E-state index contributed by atoms with van der Waals surface area (Å²) >= 11 is 0. The number of carbonyl (C=O) groups is 1. The SMILES string of the molecule is Cn1ccnc1[C@H](O)C1CCN(C(=O)Nc2ccc(F)cn2)CC1. The van der Waals surface area contributed by atoms with E-state index in [0.29, 0.717) is 37.6 Å². The highest BCUT2D eigenvalue weighted by atomic mass is 19.1. The third-order valence-electron chi connectivity index (χ3n) is 4.36. The molecule has 0 aromatic carbocycles. The first-order valence-corrected chi connectivity index (χ1v) is 7.87. The number of aromatic nitrogens is 3. The Bertz CT molecular complexity index is 695. The molecule has 0 unspecified atom stereocenters. The normalized spacial score (nSPS) is 16.9. The van der Waals surface area contributed by atoms with E-state index in [1.807, 2.05) is 11.6 Å². The summed E-state index contributed by atoms with van der Waals surface area (Å²) in [5, 5.41) is 13.1. The number of imidazole rings is 1. The fourth-order valence-electron chi connectivity index (χ4n) is 2.93. The Balaban J connectivity index is 1.54. The lowest BCUT2D eigenvalue weighted by Crippen LogP contribution is -2.42. The van der Waals surface area contributed by atoms with Gasteiger partial charge in [-0.2, -0.15) is 0 Å². The van der Waals surface area contributed by atoms with Gasteiger partial charge in [0.2, 0.25) is 0 Å². The fraction of sp³-hybridized carbons (Fsp3) is 0.438. The second kappa shape index (κ2) is 6.96. The van der Waals surface area contributed by atoms with Crippen molar-refractivity contribution in [1.29, 1.82) is 0 Å². The van der Waals surface area contributed by atoms with Gasteiger partial charge in [-0.3, -0.25) is 5.32 Å². The van der Waals surface area contributed by atoms with Gasteiger partial charge in [0.1, 0.15) is 23.6 Å². The predicted molar refractivity (Wildman–Crippen MR) is 85.7 cm³/mol. The number of hydrogen-bond donors (Lipinski definition) is 2. The van der Waals surface area contributed by atoms with E-state index >= 15 is 0 Å². The quantitative estimate of drug-likeness (QED) is 0.899. The number of aliphatic hydroxyl groups is 1. The number of hydrogen-bond acceptors (Lipinski definition) is 4. The molecule has 0 saturated carbocycles. The van der Waals surface area contributed by atoms with Gasteiger partial charge in [-0.05, 0) is 30.9 Å². The maximum absolute atomic E-state index is 12.8. The molecule has 7 nitrogen and oxygen atoms in total. The zero-order valence-corrected chi connectivity index (χ0v) is 13.4. The number of halogens is 1. The van der Waals surface area contributed by atoms with E-state index in [-0.39, 0.29) is 11.9 Å². The van der Waals surface area contributed by atoms with Gasteiger partial charge >= 0.3 is 6.03 Å². The summed E-state index contributed by atoms with van der Waals surface area (Å²) in [4.78, 5) is 21.9. The molecule has 2 aromatic rings. The molecule has 1 aliphatic heterocycles. The molecule has 1 atom stereocenters. The fourth-order valence-corrected chi connectivity index (χ4v) is 2.93. The van der Waals surface area contributed by atoms with Crippen LogP contribution in [0.15, 0.2) is 30.7 Å². The van der Waals surface area contributed by atoms with Crippen molar-refractivity contribution >= 4 is 11.8 Å². The number of carbonyl (C=O) groups excluding carboxylic acids is 1. The van der Waals surface area contributed by atoms with Gasteiger partial charge in [-0.15, -0.1) is 0 Å². The number of urea groups is 1. The van der Waals surface area contributed by atoms with Crippen molar-refractivity contribution in [3.63, 3.8) is 0 Å². The van der Waals surface area contributed by atoms with Crippen LogP contribution in [0.2, 0.25) is 0 Å². The Morgan fingerprint density at radius 1 is 1.38 bits per heavy atom. The van der Waals surface area contributed by atoms with Gasteiger partial charge in [0.25, 0.3) is 0 Å². The summed E-state index contributed by atoms with van der Waals surface area (Å²) in [7, 11) is 1.85. The summed E-state index contributed by atoms with van der Waals surface area (Å²) in [5.41, 5.74) is 0. The van der Waals surface area contributed by atoms with Crippen LogP contribution in [0.25, 0.3) is 0 Å². The van der Waals surface area contributed by atoms with Crippen LogP contribution in [0.4, 0.5) is 15.0 Å². The molecular weight excluding hydrogens is 313 g/mol. The van der Waals surface area contributed by atoms with E-state index in [1.165, 1.54) is 12.1 Å². The molecule has 8 heteroatoms. The Morgan fingerprint density at radius 2 is 2.12 bits per heavy atom. The van der Waals surface area contributed by atoms with Crippen LogP contribution in [-0.2, 0) is 7.05 Å². The molecule has 2 aromatic heterocycles. The maximum Gasteiger partial charge on any atom is 0.323 e. The highest BCUT2D eigenvalue weighted by molar-refractivity contribution is 5.88. The Kier molecular flexibility index (Phi) is 4.75. The lowest BCUT2D eigenvalue weighted by atomic mass is 9.91. The predicted octanol–water partition coefficient (Wildman–Crippen LogP) is 1.93. The van der Waals surface area contributed by atoms with Crippen LogP contribution >= 0.6 is 0 Å². The number of nitrogens with one attached hydrogen (secondary N) is 1. The monoisotopic (exact) mass is 333 g/mol. The highest BCUT2D eigenvalue weighted by Gasteiger charge is 2.30. The summed E-state index contributed by atoms with van der Waals surface area (Å²) < 4.78 is 14.6. The third kappa shape index (κ3) is 3.53. The van der Waals surface area contributed by atoms with E-state index in [9.17, 15) is 14.3 Å². The van der Waals surface area contributed by atoms with E-state index in [2.05, 4.69) is 15.3 Å². The number of nitrogens with zero attached hydrogens (tertiary/aromatic N) is 4. The largest absolute Gasteiger partial charge is 0.385 e. The summed E-state index contributed by atoms with van der Waals surface area (Å²) in [6, 6.07) is 2.40. The molecule has 0 radical (unpaired) electrons. The van der Waals surface area contributed by atoms with Crippen LogP contribution in [0.3, 0.4) is 0 Å². The lowest BCUT2D eigenvalue weighted by molar-refractivity contribution is 0.0599. The zero-order valence-electron chi connectivity index (χ0n) is 13.4. The van der Waals surface area contributed by atoms with Crippen molar-refractivity contribution in [1.82, 2.24) is 19.4 Å². The first-order chi connectivity index (χ1) is 11.5. The molecule has 1 saturated heterocycles. The molecule has 3 rings (SSSR count). The minimum Gasteiger partial charge on any atom is -0.385 e. The molecule has 2 N–H and O–H groups in total. The van der Waals surface area contributed by atoms with Crippen molar-refractivity contribution in [2.45, 2.75) is 18.9 Å². The number of piperidine rings is 1. The molecule has 2 amide bonds. The van der Waals surface area contributed by atoms with Crippen molar-refractivity contribution in [2.75, 3.05) is 18.4 Å². The Labute approximate surface area is 139 Å². The van der Waals surface area contributed by atoms with E-state index in [0.717, 1.165) is 6.20 Å². The second-order valence-corrected chi connectivity index (χ2v) is 5.96. The average Bonchev–Trinajstić information content (AvgIpc) is 3.02. The first-order valence-electron chi connectivity index (χ1n) is 7.87. The first kappa shape index (κ1) is 16.4. The molecular formula is C16H20FN5O2. The number of likely N-dealkylation sites (tertiary alicyclic amines) is 1. The van der Waals surface area contributed by atoms with Crippen molar-refractivity contribution in [3.8, 4) is 0 Å². The second-order valence-electron chi connectivity index (χ2n) is 5.96. The van der Waals surface area contributed by atoms with Crippen molar-refractivity contribution in [3.05, 3.63) is 42.4 Å². The van der Waals surface area contributed by atoms with Gasteiger partial charge in [0.15, 0.2) is 0 Å². The Morgan fingerprint density at radius 3 is 2.71 bits per heavy atom. The smallest absolute Gasteiger partial charge is 0.323 e. The molecule has 1 fully saturated rings. The molecule has 0 spiro atoms. The molecule has 1 aliphatic rings. The average molecular weight is 333 g/mol. The molecule has 128 valence electrons. The van der Waals surface area contributed by atoms with Gasteiger partial charge in [0.05, 0.1) is 6.20 Å². The molecule has 3 heterocycles. The highest BCUT2D eigenvalue weighted by Crippen LogP contribution is 2.29. The number of rotatable bonds is 3. The third-order valence-corrected chi connectivity index (χ3v) is 4.36. The van der Waals surface area contributed by atoms with Crippen LogP contribution in [-0.4, -0.2) is 43.7 Å². The number of pyridine rings is 1. The summed E-state index contributed by atoms with van der Waals surface area (Å²) in [6.07, 6.45) is 5.28. The van der Waals surface area contributed by atoms with E-state index in [1.54, 1.807) is 17.3 Å². The molecule has 0 bridgehead atoms. The van der Waals surface area contributed by atoms with Gasteiger partial charge in [-0.1, -0.05) is 0 Å². The van der Waals surface area contributed by atoms with Crippen LogP contribution in [0.5, 0.6) is 0 Å². The number of amides is 2. The minimum atomic E-state index is -0.631. The maximum atomic E-state index is 12.8. The zero-order chi connectivity index (χ0) is 17.1. The van der Waals surface area contributed by atoms with Gasteiger partial charge < -0.3 is 14.6 Å². The molecule has 0 aliphatic carbocycles. The number of anilines is 1.